The van der Waals surface area contributed by atoms with Gasteiger partial charge in [0.25, 0.3) is 0 Å². The zero-order chi connectivity index (χ0) is 17.3. The lowest BCUT2D eigenvalue weighted by Gasteiger charge is -2.34. The third-order valence-corrected chi connectivity index (χ3v) is 4.25. The van der Waals surface area contributed by atoms with Crippen molar-refractivity contribution in [2.45, 2.75) is 51.7 Å². The molecule has 2 aliphatic rings. The third kappa shape index (κ3) is 3.99. The molecule has 1 aromatic rings. The van der Waals surface area contributed by atoms with E-state index in [0.29, 0.717) is 25.6 Å². The molecule has 0 aliphatic carbocycles. The molecule has 0 aromatic heterocycles. The van der Waals surface area contributed by atoms with Gasteiger partial charge in [0.1, 0.15) is 5.60 Å². The minimum Gasteiger partial charge on any atom is -0.444 e. The van der Waals surface area contributed by atoms with Gasteiger partial charge in [-0.2, -0.15) is 0 Å². The predicted molar refractivity (Wildman–Crippen MR) is 93.2 cm³/mol. The number of piperidine rings is 1. The average Bonchev–Trinajstić information content (AvgIpc) is 2.85. The first-order valence-corrected chi connectivity index (χ1v) is 8.47. The topological polar surface area (TPSA) is 70.7 Å². The van der Waals surface area contributed by atoms with E-state index in [1.165, 1.54) is 0 Å². The van der Waals surface area contributed by atoms with E-state index in [4.69, 9.17) is 4.74 Å². The number of hydrogen-bond donors (Lipinski definition) is 2. The van der Waals surface area contributed by atoms with E-state index in [9.17, 15) is 9.59 Å². The largest absolute Gasteiger partial charge is 0.444 e. The molecular formula is C18H25N3O3. The van der Waals surface area contributed by atoms with Gasteiger partial charge in [0.2, 0.25) is 5.91 Å². The van der Waals surface area contributed by atoms with E-state index in [2.05, 4.69) is 10.6 Å². The summed E-state index contributed by atoms with van der Waals surface area (Å²) in [7, 11) is 0. The van der Waals surface area contributed by atoms with E-state index >= 15 is 0 Å². The summed E-state index contributed by atoms with van der Waals surface area (Å²) < 4.78 is 5.42. The summed E-state index contributed by atoms with van der Waals surface area (Å²) >= 11 is 0. The number of hydrogen-bond acceptors (Lipinski definition) is 4. The van der Waals surface area contributed by atoms with Crippen LogP contribution in [0.2, 0.25) is 0 Å². The van der Waals surface area contributed by atoms with Crippen molar-refractivity contribution >= 4 is 23.4 Å². The van der Waals surface area contributed by atoms with E-state index in [-0.39, 0.29) is 12.0 Å². The summed E-state index contributed by atoms with van der Waals surface area (Å²) in [5.41, 5.74) is 2.52. The van der Waals surface area contributed by atoms with Gasteiger partial charge in [-0.1, -0.05) is 0 Å². The Morgan fingerprint density at radius 1 is 1.29 bits per heavy atom. The number of likely N-dealkylation sites (tertiary alicyclic amines) is 1. The van der Waals surface area contributed by atoms with E-state index in [1.54, 1.807) is 4.90 Å². The molecule has 3 rings (SSSR count). The van der Waals surface area contributed by atoms with Crippen molar-refractivity contribution in [2.75, 3.05) is 23.7 Å². The van der Waals surface area contributed by atoms with Crippen molar-refractivity contribution < 1.29 is 14.3 Å². The first kappa shape index (κ1) is 16.6. The van der Waals surface area contributed by atoms with E-state index in [1.807, 2.05) is 39.0 Å². The summed E-state index contributed by atoms with van der Waals surface area (Å²) in [6, 6.07) is 6.29. The number of ether oxygens (including phenoxy) is 1. The summed E-state index contributed by atoms with van der Waals surface area (Å²) in [4.78, 5) is 25.3. The number of anilines is 2. The van der Waals surface area contributed by atoms with Crippen molar-refractivity contribution in [2.24, 2.45) is 0 Å². The minimum atomic E-state index is -0.456. The average molecular weight is 331 g/mol. The van der Waals surface area contributed by atoms with Crippen LogP contribution in [0.4, 0.5) is 16.2 Å². The Bertz CT molecular complexity index is 643. The summed E-state index contributed by atoms with van der Waals surface area (Å²) in [5, 5.41) is 6.36. The first-order chi connectivity index (χ1) is 11.3. The highest BCUT2D eigenvalue weighted by molar-refractivity contribution is 5.99. The second-order valence-corrected chi connectivity index (χ2v) is 7.48. The lowest BCUT2D eigenvalue weighted by molar-refractivity contribution is -0.115. The zero-order valence-corrected chi connectivity index (χ0v) is 14.5. The van der Waals surface area contributed by atoms with E-state index in [0.717, 1.165) is 29.8 Å². The summed E-state index contributed by atoms with van der Waals surface area (Å²) in [6.45, 7) is 7.03. The number of carbonyl (C=O) groups is 2. The van der Waals surface area contributed by atoms with Crippen LogP contribution in [-0.4, -0.2) is 41.6 Å². The molecule has 2 N–H and O–H groups in total. The number of carbonyl (C=O) groups excluding carboxylic acids is 2. The Hall–Kier alpha value is -2.24. The Labute approximate surface area is 142 Å². The molecule has 0 atom stereocenters. The molecule has 0 unspecified atom stereocenters. The van der Waals surface area contributed by atoms with Crippen LogP contribution in [0.15, 0.2) is 18.2 Å². The Kier molecular flexibility index (Phi) is 4.39. The number of nitrogens with zero attached hydrogens (tertiary/aromatic N) is 1. The number of nitrogens with one attached hydrogen (secondary N) is 2. The lowest BCUT2D eigenvalue weighted by atomic mass is 10.0. The van der Waals surface area contributed by atoms with Crippen LogP contribution >= 0.6 is 0 Å². The molecule has 2 heterocycles. The van der Waals surface area contributed by atoms with Crippen molar-refractivity contribution in [1.82, 2.24) is 4.90 Å². The highest BCUT2D eigenvalue weighted by Crippen LogP contribution is 2.27. The van der Waals surface area contributed by atoms with Gasteiger partial charge < -0.3 is 20.3 Å². The maximum absolute atomic E-state index is 12.1. The van der Waals surface area contributed by atoms with Crippen molar-refractivity contribution in [3.05, 3.63) is 23.8 Å². The van der Waals surface area contributed by atoms with Crippen molar-refractivity contribution in [3.8, 4) is 0 Å². The SMILES string of the molecule is CC(C)(C)OC(=O)N1CCC(Nc2ccc3c(c2)CC(=O)N3)CC1. The second-order valence-electron chi connectivity index (χ2n) is 7.48. The number of amides is 2. The molecule has 1 saturated heterocycles. The van der Waals surface area contributed by atoms with Gasteiger partial charge in [-0.25, -0.2) is 4.79 Å². The first-order valence-electron chi connectivity index (χ1n) is 8.47. The molecule has 24 heavy (non-hydrogen) atoms. The predicted octanol–water partition coefficient (Wildman–Crippen LogP) is 2.99. The maximum Gasteiger partial charge on any atom is 0.410 e. The maximum atomic E-state index is 12.1. The molecule has 0 bridgehead atoms. The highest BCUT2D eigenvalue weighted by Gasteiger charge is 2.27. The monoisotopic (exact) mass is 331 g/mol. The van der Waals surface area contributed by atoms with Crippen LogP contribution in [0, 0.1) is 0 Å². The number of rotatable bonds is 2. The van der Waals surface area contributed by atoms with Crippen LogP contribution in [0.1, 0.15) is 39.2 Å². The smallest absolute Gasteiger partial charge is 0.410 e. The molecule has 6 nitrogen and oxygen atoms in total. The Balaban J connectivity index is 1.52. The van der Waals surface area contributed by atoms with Crippen LogP contribution in [0.25, 0.3) is 0 Å². The molecular weight excluding hydrogens is 306 g/mol. The molecule has 6 heteroatoms. The van der Waals surface area contributed by atoms with Crippen molar-refractivity contribution in [1.29, 1.82) is 0 Å². The molecule has 2 aliphatic heterocycles. The molecule has 0 radical (unpaired) electrons. The molecule has 0 spiro atoms. The number of fused-ring (bicyclic) bond motifs is 1. The standard InChI is InChI=1S/C18H25N3O3/c1-18(2,3)24-17(23)21-8-6-13(7-9-21)19-14-4-5-15-12(10-14)11-16(22)20-15/h4-5,10,13,19H,6-9,11H2,1-3H3,(H,20,22). The summed E-state index contributed by atoms with van der Waals surface area (Å²) in [5.74, 6) is 0.0489. The molecule has 1 fully saturated rings. The van der Waals surface area contributed by atoms with Crippen LogP contribution in [0.3, 0.4) is 0 Å². The van der Waals surface area contributed by atoms with Crippen LogP contribution < -0.4 is 10.6 Å². The van der Waals surface area contributed by atoms with E-state index < -0.39 is 5.60 Å². The third-order valence-electron chi connectivity index (χ3n) is 4.25. The van der Waals surface area contributed by atoms with Gasteiger partial charge >= 0.3 is 6.09 Å². The highest BCUT2D eigenvalue weighted by atomic mass is 16.6. The molecule has 2 amide bonds. The number of benzene rings is 1. The second kappa shape index (κ2) is 6.34. The Morgan fingerprint density at radius 2 is 2.00 bits per heavy atom. The molecule has 0 saturated carbocycles. The normalized spacial score (nSPS) is 18.1. The molecule has 130 valence electrons. The molecule has 1 aromatic carbocycles. The lowest BCUT2D eigenvalue weighted by Crippen LogP contribution is -2.44. The van der Waals surface area contributed by atoms with Gasteiger partial charge in [-0.15, -0.1) is 0 Å². The zero-order valence-electron chi connectivity index (χ0n) is 14.5. The summed E-state index contributed by atoms with van der Waals surface area (Å²) in [6.07, 6.45) is 1.98. The van der Waals surface area contributed by atoms with Gasteiger partial charge in [0.05, 0.1) is 6.42 Å². The van der Waals surface area contributed by atoms with Crippen LogP contribution in [0.5, 0.6) is 0 Å². The fourth-order valence-corrected chi connectivity index (χ4v) is 3.09. The fraction of sp³-hybridized carbons (Fsp3) is 0.556. The minimum absolute atomic E-state index is 0.0489. The quantitative estimate of drug-likeness (QED) is 0.874. The fourth-order valence-electron chi connectivity index (χ4n) is 3.09. The Morgan fingerprint density at radius 3 is 2.67 bits per heavy atom. The van der Waals surface area contributed by atoms with Gasteiger partial charge in [-0.3, -0.25) is 4.79 Å². The van der Waals surface area contributed by atoms with Crippen LogP contribution in [-0.2, 0) is 16.0 Å². The van der Waals surface area contributed by atoms with Gasteiger partial charge in [0, 0.05) is 30.5 Å². The van der Waals surface area contributed by atoms with Gasteiger partial charge in [0.15, 0.2) is 0 Å². The van der Waals surface area contributed by atoms with Crippen molar-refractivity contribution in [3.63, 3.8) is 0 Å². The van der Waals surface area contributed by atoms with Gasteiger partial charge in [-0.05, 0) is 57.4 Å².